The zero-order valence-electron chi connectivity index (χ0n) is 50.0. The van der Waals surface area contributed by atoms with Crippen molar-refractivity contribution in [1.82, 2.24) is 0 Å². The van der Waals surface area contributed by atoms with Gasteiger partial charge >= 0.3 is 0 Å². The van der Waals surface area contributed by atoms with E-state index in [1.165, 1.54) is 86.8 Å². The van der Waals surface area contributed by atoms with Crippen LogP contribution in [0.5, 0.6) is 0 Å². The fourth-order valence-corrected chi connectivity index (χ4v) is 9.82. The quantitative estimate of drug-likeness (QED) is 0.0176. The number of ketones is 3. The van der Waals surface area contributed by atoms with Crippen molar-refractivity contribution in [3.05, 3.63) is 152 Å². The zero-order chi connectivity index (χ0) is 63.1. The van der Waals surface area contributed by atoms with Crippen LogP contribution in [0.25, 0.3) is 0 Å². The van der Waals surface area contributed by atoms with Gasteiger partial charge in [-0.25, -0.2) is 0 Å². The second-order valence-corrected chi connectivity index (χ2v) is 22.3. The summed E-state index contributed by atoms with van der Waals surface area (Å²) in [5.74, 6) is 1.99. The number of carbonyl (C=O) groups is 5. The summed E-state index contributed by atoms with van der Waals surface area (Å²) in [6.07, 6.45) is 16.5. The minimum Gasteiger partial charge on any atom is -0.400 e. The predicted octanol–water partition coefficient (Wildman–Crippen LogP) is 8.79. The molecule has 85 heavy (non-hydrogen) atoms. The molecule has 3 aromatic rings. The summed E-state index contributed by atoms with van der Waals surface area (Å²) in [5.41, 5.74) is 0. The number of ether oxygens (including phenoxy) is 4. The molecule has 3 aromatic carbocycles. The van der Waals surface area contributed by atoms with Gasteiger partial charge in [-0.3, -0.25) is 19.2 Å². The van der Waals surface area contributed by atoms with Gasteiger partial charge in [0.25, 0.3) is 0 Å². The molecule has 0 saturated carbocycles. The molecule has 0 bridgehead atoms. The number of carbonyl (C=O) groups excluding carboxylic acids is 5. The summed E-state index contributed by atoms with van der Waals surface area (Å²) in [5, 5.41) is 63.6. The van der Waals surface area contributed by atoms with E-state index in [1.54, 1.807) is 52.0 Å². The monoisotopic (exact) mass is 1270 g/mol. The van der Waals surface area contributed by atoms with E-state index in [0.29, 0.717) is 12.2 Å². The highest BCUT2D eigenvalue weighted by Gasteiger charge is 2.33. The van der Waals surface area contributed by atoms with Gasteiger partial charge in [-0.05, 0) is 142 Å². The first-order chi connectivity index (χ1) is 38.9. The van der Waals surface area contributed by atoms with Crippen molar-refractivity contribution < 1.29 is 78.7 Å². The molecule has 0 aliphatic carbocycles. The lowest BCUT2D eigenvalue weighted by Gasteiger charge is -2.28. The maximum absolute atomic E-state index is 12.2. The highest BCUT2D eigenvalue weighted by atomic mass is 35.5. The number of epoxide rings is 3. The van der Waals surface area contributed by atoms with Gasteiger partial charge in [-0.2, -0.15) is 0 Å². The number of benzene rings is 3. The molecule has 12 unspecified atom stereocenters. The van der Waals surface area contributed by atoms with Crippen LogP contribution in [-0.4, -0.2) is 170 Å². The van der Waals surface area contributed by atoms with Crippen molar-refractivity contribution in [2.45, 2.75) is 177 Å². The Labute approximate surface area is 524 Å². The Morgan fingerprint density at radius 2 is 0.906 bits per heavy atom. The number of Topliss-reactive ketones (excluding diaryl/α,β-unsaturated/α-hetero) is 1. The molecule has 7 rings (SSSR count). The van der Waals surface area contributed by atoms with Gasteiger partial charge in [0.05, 0.1) is 60.3 Å². The van der Waals surface area contributed by atoms with Crippen molar-refractivity contribution in [3.8, 4) is 0 Å². The van der Waals surface area contributed by atoms with Crippen LogP contribution in [0.1, 0.15) is 104 Å². The van der Waals surface area contributed by atoms with E-state index in [4.69, 9.17) is 77.9 Å². The molecule has 0 amide bonds. The molecular weight excluding hydrogens is 1170 g/mol. The van der Waals surface area contributed by atoms with Crippen LogP contribution in [0.15, 0.2) is 152 Å². The number of aliphatic hydroxyl groups excluding tert-OH is 7. The van der Waals surface area contributed by atoms with Crippen LogP contribution in [0.3, 0.4) is 0 Å². The van der Waals surface area contributed by atoms with Crippen molar-refractivity contribution in [2.24, 2.45) is 0 Å². The second kappa shape index (κ2) is 57.2. The number of hydrogen-bond acceptors (Lipinski definition) is 16. The molecule has 4 aliphatic rings. The van der Waals surface area contributed by atoms with Gasteiger partial charge in [0.15, 0.2) is 23.6 Å². The third-order valence-electron chi connectivity index (χ3n) is 10.6. The third-order valence-corrected chi connectivity index (χ3v) is 14.7. The number of alkyl halides is 2. The number of aldehydes is 2. The largest absolute Gasteiger partial charge is 0.400 e. The first kappa shape index (κ1) is 91.6. The van der Waals surface area contributed by atoms with Crippen LogP contribution >= 0.6 is 42.5 Å². The van der Waals surface area contributed by atoms with E-state index in [-0.39, 0.29) is 80.5 Å². The maximum atomic E-state index is 12.2. The lowest BCUT2D eigenvalue weighted by molar-refractivity contribution is -0.113. The van der Waals surface area contributed by atoms with E-state index in [1.807, 2.05) is 87.2 Å². The van der Waals surface area contributed by atoms with Crippen molar-refractivity contribution in [1.29, 1.82) is 0 Å². The van der Waals surface area contributed by atoms with E-state index in [2.05, 4.69) is 36.4 Å². The molecule has 0 radical (unpaired) electrons. The average molecular weight is 1280 g/mol. The highest BCUT2D eigenvalue weighted by Crippen LogP contribution is 2.43. The molecule has 0 spiro atoms. The Morgan fingerprint density at radius 1 is 0.565 bits per heavy atom. The van der Waals surface area contributed by atoms with Crippen LogP contribution < -0.4 is 15.9 Å². The molecule has 20 heteroatoms. The molecule has 0 aromatic heterocycles. The van der Waals surface area contributed by atoms with Crippen molar-refractivity contribution in [2.75, 3.05) is 25.7 Å². The Morgan fingerprint density at radius 3 is 1.13 bits per heavy atom. The fraction of sp³-hybridized carbons (Fsp3) is 0.477. The van der Waals surface area contributed by atoms with E-state index in [9.17, 15) is 24.0 Å². The molecule has 4 fully saturated rings. The van der Waals surface area contributed by atoms with Crippen molar-refractivity contribution >= 4 is 94.1 Å². The zero-order valence-corrected chi connectivity index (χ0v) is 53.3. The highest BCUT2D eigenvalue weighted by molar-refractivity contribution is 7.95. The fourth-order valence-electron chi connectivity index (χ4n) is 6.01. The molecule has 12 atom stereocenters. The lowest BCUT2D eigenvalue weighted by atomic mass is 10.2. The maximum Gasteiger partial charge on any atom is 0.153 e. The molecule has 4 heterocycles. The van der Waals surface area contributed by atoms with Gasteiger partial charge in [0.1, 0.15) is 24.6 Å². The van der Waals surface area contributed by atoms with Crippen LogP contribution in [-0.2, 0) is 42.9 Å². The van der Waals surface area contributed by atoms with Crippen LogP contribution in [0.4, 0.5) is 0 Å². The minimum atomic E-state index is -2.08. The molecule has 4 saturated heterocycles. The van der Waals surface area contributed by atoms with Gasteiger partial charge in [0.2, 0.25) is 0 Å². The Kier molecular flexibility index (Phi) is 61.6. The van der Waals surface area contributed by atoms with Gasteiger partial charge < -0.3 is 59.5 Å². The smallest absolute Gasteiger partial charge is 0.153 e. The normalized spacial score (nSPS) is 20.1. The summed E-state index contributed by atoms with van der Waals surface area (Å²) in [6.45, 7) is 18.4. The number of rotatable bonds is 16. The number of aliphatic hydroxyl groups is 7. The summed E-state index contributed by atoms with van der Waals surface area (Å²) in [7, 11) is 1.00. The molecule has 16 nitrogen and oxygen atoms in total. The summed E-state index contributed by atoms with van der Waals surface area (Å²) in [6, 6.07) is 31.1. The molecule has 7 N–H and O–H groups in total. The van der Waals surface area contributed by atoms with Gasteiger partial charge in [0, 0.05) is 20.3 Å². The molecule has 484 valence electrons. The average Bonchev–Trinajstić information content (AvgIpc) is 2.79. The summed E-state index contributed by atoms with van der Waals surface area (Å²) >= 11 is 9.53. The number of halogens is 3. The Balaban J connectivity index is -0.000000218. The Bertz CT molecular complexity index is 2210. The van der Waals surface area contributed by atoms with Crippen LogP contribution in [0.2, 0.25) is 0 Å². The Hall–Kier alpha value is -4.56. The molecular formula is C65H102Cl3O16P. The first-order valence-electron chi connectivity index (χ1n) is 26.8. The second-order valence-electron chi connectivity index (χ2n) is 18.3. The van der Waals surface area contributed by atoms with E-state index in [0.717, 1.165) is 32.9 Å². The van der Waals surface area contributed by atoms with Crippen molar-refractivity contribution in [3.63, 3.8) is 0 Å². The summed E-state index contributed by atoms with van der Waals surface area (Å²) in [4.78, 5) is 51.8. The topological polar surface area (TPSA) is 274 Å². The third kappa shape index (κ3) is 50.2. The lowest BCUT2D eigenvalue weighted by Crippen LogP contribution is -2.28. The van der Waals surface area contributed by atoms with Gasteiger partial charge in [-0.15, -0.1) is 35.6 Å². The van der Waals surface area contributed by atoms with E-state index >= 15 is 0 Å². The molecule has 4 aliphatic heterocycles. The number of hydrogen-bond donors (Lipinski definition) is 7. The van der Waals surface area contributed by atoms with Gasteiger partial charge in [-0.1, -0.05) is 142 Å². The van der Waals surface area contributed by atoms with Crippen LogP contribution in [0, 0.1) is 0 Å². The predicted molar refractivity (Wildman–Crippen MR) is 354 cm³/mol. The minimum absolute atomic E-state index is 0. The first-order valence-corrected chi connectivity index (χ1v) is 29.7. The standard InChI is InChI=1S/C21H19OP.C7H14O3.C7H12O3.C7H12O2.C7H10O2.C4H6O2.C4H8O.C4H6O.CH2Cl2.CH4O.2CH4.ClH/c1-18(22)17-23(19-11-5-2-6-12-19,20-13-7-3-8-14-20)21-15-9-4-10-16-21;2*1-5(8)3-4-7(10)6(2)9;2*1-5(8)3-4-7-6(2)9-7;1-3-4(2-5)6-3;1-2-4-5-3-1;1-2-3-4-5;2-1-3;1-2;;;/h2-17H,1H3;3-10H,1-2H3;3-4,6-7,9-10H,1-2H3;3-8H,1-2H3;3-4,6-7H,1-2H3;2-4H,1H3;1-4H2;2-4H,1H3;1H2;2H,1H3;2*1H4;1H/b;4*4-3+;;;3-2+;;;;;. The number of allylic oxidation sites excluding steroid dienone is 4. The SMILES string of the molecule is C.C.C/C=C/C=O.C1CCOC1.CC(=O)/C=C/C(O)C(C)O.CC(=O)/C=C/C1OC1C.CC(=O)C=P(c1ccccc1)(c1ccccc1)c1ccccc1.CC(O)/C=C/C(O)C(C)O.CC(O)/C=C/C1OC1C.CC1OC1C=O.CO.Cl.ClCCl. The van der Waals surface area contributed by atoms with E-state index < -0.39 is 37.4 Å². The summed E-state index contributed by atoms with van der Waals surface area (Å²) < 4.78 is 19.7.